The Balaban J connectivity index is 1.77. The second kappa shape index (κ2) is 7.76. The van der Waals surface area contributed by atoms with Gasteiger partial charge in [0.1, 0.15) is 18.0 Å². The third-order valence-electron chi connectivity index (χ3n) is 3.39. The zero-order valence-electron chi connectivity index (χ0n) is 13.6. The number of nitrogens with one attached hydrogen (secondary N) is 1. The van der Waals surface area contributed by atoms with Gasteiger partial charge in [0.25, 0.3) is 5.56 Å². The number of para-hydroxylation sites is 2. The molecule has 0 aliphatic heterocycles. The van der Waals surface area contributed by atoms with Gasteiger partial charge in [0.2, 0.25) is 5.91 Å². The molecule has 0 atom stereocenters. The van der Waals surface area contributed by atoms with Crippen LogP contribution in [0.1, 0.15) is 6.92 Å². The van der Waals surface area contributed by atoms with Crippen LogP contribution in [0.5, 0.6) is 5.75 Å². The lowest BCUT2D eigenvalue weighted by Gasteiger charge is -2.11. The molecule has 0 bridgehead atoms. The predicted octanol–water partition coefficient (Wildman–Crippen LogP) is 3.01. The fourth-order valence-electron chi connectivity index (χ4n) is 2.29. The summed E-state index contributed by atoms with van der Waals surface area (Å²) in [6, 6.07) is 14.1. The summed E-state index contributed by atoms with van der Waals surface area (Å²) in [5.41, 5.74) is 0.905. The maximum absolute atomic E-state index is 12.3. The molecule has 7 heteroatoms. The molecule has 0 radical (unpaired) electrons. The molecular weight excluding hydrogens is 338 g/mol. The molecule has 1 amide bonds. The number of hydrogen-bond acceptors (Lipinski definition) is 5. The molecule has 0 saturated heterocycles. The van der Waals surface area contributed by atoms with Crippen molar-refractivity contribution in [2.45, 2.75) is 13.5 Å². The molecule has 6 nitrogen and oxygen atoms in total. The zero-order chi connectivity index (χ0) is 17.6. The molecule has 3 aromatic rings. The minimum absolute atomic E-state index is 0.168. The van der Waals surface area contributed by atoms with Crippen molar-refractivity contribution in [1.82, 2.24) is 9.78 Å². The number of carbonyl (C=O) groups is 1. The Morgan fingerprint density at radius 3 is 2.80 bits per heavy atom. The van der Waals surface area contributed by atoms with Crippen LogP contribution in [0.3, 0.4) is 0 Å². The topological polar surface area (TPSA) is 73.2 Å². The van der Waals surface area contributed by atoms with Crippen molar-refractivity contribution in [3.63, 3.8) is 0 Å². The Morgan fingerprint density at radius 2 is 2.04 bits per heavy atom. The first-order valence-electron chi connectivity index (χ1n) is 7.81. The molecule has 0 spiro atoms. The molecule has 0 aliphatic carbocycles. The van der Waals surface area contributed by atoms with E-state index in [0.29, 0.717) is 23.7 Å². The van der Waals surface area contributed by atoms with Crippen LogP contribution in [0.15, 0.2) is 58.7 Å². The van der Waals surface area contributed by atoms with Crippen LogP contribution < -0.4 is 15.6 Å². The van der Waals surface area contributed by atoms with E-state index >= 15 is 0 Å². The van der Waals surface area contributed by atoms with E-state index < -0.39 is 0 Å². The standard InChI is InChI=1S/C18H17N3O3S/c1-2-24-15-7-4-3-6-13(15)19-17(22)12-21-18(23)10-9-14(20-21)16-8-5-11-25-16/h3-11H,2,12H2,1H3,(H,19,22). The molecular formula is C18H17N3O3S. The number of aromatic nitrogens is 2. The van der Waals surface area contributed by atoms with Gasteiger partial charge in [-0.05, 0) is 36.6 Å². The van der Waals surface area contributed by atoms with Crippen molar-refractivity contribution in [3.8, 4) is 16.3 Å². The third-order valence-corrected chi connectivity index (χ3v) is 4.29. The van der Waals surface area contributed by atoms with Crippen molar-refractivity contribution in [1.29, 1.82) is 0 Å². The fourth-order valence-corrected chi connectivity index (χ4v) is 2.99. The van der Waals surface area contributed by atoms with Crippen molar-refractivity contribution in [3.05, 3.63) is 64.3 Å². The first-order valence-corrected chi connectivity index (χ1v) is 8.69. The molecule has 0 aliphatic rings. The number of rotatable bonds is 6. The largest absolute Gasteiger partial charge is 0.492 e. The maximum Gasteiger partial charge on any atom is 0.267 e. The molecule has 1 N–H and O–H groups in total. The molecule has 0 saturated carbocycles. The van der Waals surface area contributed by atoms with Crippen LogP contribution in [-0.2, 0) is 11.3 Å². The summed E-state index contributed by atoms with van der Waals surface area (Å²) in [5, 5.41) is 8.98. The number of benzene rings is 1. The minimum atomic E-state index is -0.343. The molecule has 0 unspecified atom stereocenters. The SMILES string of the molecule is CCOc1ccccc1NC(=O)Cn1nc(-c2cccs2)ccc1=O. The highest BCUT2D eigenvalue weighted by Crippen LogP contribution is 2.24. The number of ether oxygens (including phenoxy) is 1. The van der Waals surface area contributed by atoms with Gasteiger partial charge in [-0.25, -0.2) is 4.68 Å². The average Bonchev–Trinajstić information content (AvgIpc) is 3.13. The number of anilines is 1. The van der Waals surface area contributed by atoms with Crippen LogP contribution in [0.4, 0.5) is 5.69 Å². The number of hydrogen-bond donors (Lipinski definition) is 1. The van der Waals surface area contributed by atoms with Crippen molar-refractivity contribution >= 4 is 22.9 Å². The van der Waals surface area contributed by atoms with Crippen LogP contribution in [-0.4, -0.2) is 22.3 Å². The van der Waals surface area contributed by atoms with Crippen LogP contribution in [0.25, 0.3) is 10.6 Å². The normalized spacial score (nSPS) is 10.4. The lowest BCUT2D eigenvalue weighted by Crippen LogP contribution is -2.29. The molecule has 0 fully saturated rings. The summed E-state index contributed by atoms with van der Waals surface area (Å²) >= 11 is 1.52. The van der Waals surface area contributed by atoms with Gasteiger partial charge in [0, 0.05) is 6.07 Å². The van der Waals surface area contributed by atoms with Gasteiger partial charge in [-0.1, -0.05) is 18.2 Å². The summed E-state index contributed by atoms with van der Waals surface area (Å²) in [5.74, 6) is 0.246. The second-order valence-corrected chi connectivity index (χ2v) is 6.12. The van der Waals surface area contributed by atoms with Gasteiger partial charge >= 0.3 is 0 Å². The van der Waals surface area contributed by atoms with Gasteiger partial charge < -0.3 is 10.1 Å². The average molecular weight is 355 g/mol. The van der Waals surface area contributed by atoms with Crippen molar-refractivity contribution in [2.75, 3.05) is 11.9 Å². The molecule has 25 heavy (non-hydrogen) atoms. The van der Waals surface area contributed by atoms with Gasteiger partial charge in [-0.3, -0.25) is 9.59 Å². The highest BCUT2D eigenvalue weighted by molar-refractivity contribution is 7.13. The Bertz CT molecular complexity index is 919. The smallest absolute Gasteiger partial charge is 0.267 e. The lowest BCUT2D eigenvalue weighted by molar-refractivity contribution is -0.117. The Labute approximate surface area is 148 Å². The molecule has 2 heterocycles. The quantitative estimate of drug-likeness (QED) is 0.738. The summed E-state index contributed by atoms with van der Waals surface area (Å²) in [6.07, 6.45) is 0. The highest BCUT2D eigenvalue weighted by Gasteiger charge is 2.11. The number of amides is 1. The van der Waals surface area contributed by atoms with E-state index in [2.05, 4.69) is 10.4 Å². The van der Waals surface area contributed by atoms with E-state index in [1.54, 1.807) is 24.3 Å². The van der Waals surface area contributed by atoms with E-state index in [1.807, 2.05) is 30.5 Å². The van der Waals surface area contributed by atoms with Crippen molar-refractivity contribution in [2.24, 2.45) is 0 Å². The molecule has 1 aromatic carbocycles. The zero-order valence-corrected chi connectivity index (χ0v) is 14.5. The first-order chi connectivity index (χ1) is 12.2. The van der Waals surface area contributed by atoms with Crippen LogP contribution in [0.2, 0.25) is 0 Å². The molecule has 3 rings (SSSR count). The summed E-state index contributed by atoms with van der Waals surface area (Å²) in [4.78, 5) is 25.3. The highest BCUT2D eigenvalue weighted by atomic mass is 32.1. The van der Waals surface area contributed by atoms with Crippen LogP contribution >= 0.6 is 11.3 Å². The van der Waals surface area contributed by atoms with E-state index in [9.17, 15) is 9.59 Å². The monoisotopic (exact) mass is 355 g/mol. The van der Waals surface area contributed by atoms with Gasteiger partial charge in [0.15, 0.2) is 0 Å². The van der Waals surface area contributed by atoms with Crippen molar-refractivity contribution < 1.29 is 9.53 Å². The van der Waals surface area contributed by atoms with Gasteiger partial charge in [-0.15, -0.1) is 11.3 Å². The molecule has 128 valence electrons. The van der Waals surface area contributed by atoms with E-state index in [-0.39, 0.29) is 18.0 Å². The maximum atomic E-state index is 12.3. The van der Waals surface area contributed by atoms with E-state index in [0.717, 1.165) is 9.56 Å². The van der Waals surface area contributed by atoms with Crippen LogP contribution in [0, 0.1) is 0 Å². The lowest BCUT2D eigenvalue weighted by atomic mass is 10.3. The first kappa shape index (κ1) is 16.9. The summed E-state index contributed by atoms with van der Waals surface area (Å²) < 4.78 is 6.64. The Kier molecular flexibility index (Phi) is 5.25. The number of thiophene rings is 1. The fraction of sp³-hybridized carbons (Fsp3) is 0.167. The molecule has 2 aromatic heterocycles. The number of carbonyl (C=O) groups excluding carboxylic acids is 1. The second-order valence-electron chi connectivity index (χ2n) is 5.17. The summed E-state index contributed by atoms with van der Waals surface area (Å²) in [6.45, 7) is 2.20. The van der Waals surface area contributed by atoms with Gasteiger partial charge in [0.05, 0.1) is 17.2 Å². The minimum Gasteiger partial charge on any atom is -0.492 e. The Morgan fingerprint density at radius 1 is 1.20 bits per heavy atom. The predicted molar refractivity (Wildman–Crippen MR) is 98.1 cm³/mol. The van der Waals surface area contributed by atoms with Gasteiger partial charge in [-0.2, -0.15) is 5.10 Å². The third kappa shape index (κ3) is 4.13. The Hall–Kier alpha value is -2.93. The summed E-state index contributed by atoms with van der Waals surface area (Å²) in [7, 11) is 0. The van der Waals surface area contributed by atoms with E-state index in [4.69, 9.17) is 4.74 Å². The number of nitrogens with zero attached hydrogens (tertiary/aromatic N) is 2. The van der Waals surface area contributed by atoms with E-state index in [1.165, 1.54) is 17.4 Å².